The van der Waals surface area contributed by atoms with Crippen molar-refractivity contribution in [3.8, 4) is 0 Å². The molecule has 1 heterocycles. The average Bonchev–Trinajstić information content (AvgIpc) is 2.93. The van der Waals surface area contributed by atoms with Gasteiger partial charge in [0.05, 0.1) is 25.5 Å². The van der Waals surface area contributed by atoms with Crippen LogP contribution >= 0.6 is 46.1 Å². The van der Waals surface area contributed by atoms with Gasteiger partial charge in [0, 0.05) is 0 Å². The monoisotopic (exact) mass is 442 g/mol. The van der Waals surface area contributed by atoms with Gasteiger partial charge >= 0.3 is 5.97 Å². The molecule has 1 N–H and O–H groups in total. The van der Waals surface area contributed by atoms with E-state index in [0.29, 0.717) is 11.3 Å². The second-order valence-electron chi connectivity index (χ2n) is 5.04. The van der Waals surface area contributed by atoms with E-state index in [4.69, 9.17) is 39.9 Å². The first-order chi connectivity index (χ1) is 12.0. The van der Waals surface area contributed by atoms with E-state index in [1.54, 1.807) is 0 Å². The number of carboxylic acid groups (broad SMARTS) is 1. The van der Waals surface area contributed by atoms with E-state index in [1.165, 1.54) is 6.92 Å². The lowest BCUT2D eigenvalue weighted by molar-refractivity contribution is 0.0701. The zero-order valence-electron chi connectivity index (χ0n) is 12.7. The van der Waals surface area contributed by atoms with Gasteiger partial charge in [-0.2, -0.15) is 0 Å². The SMILES string of the molecule is Cc1cc(C(=O)/C(F)=C(\c2cc(Cl)c(Cl)c(Cl)c2)C(F)F)sc1C(=O)O. The molecule has 0 unspecified atom stereocenters. The number of halogens is 6. The van der Waals surface area contributed by atoms with Crippen LogP contribution in [0.5, 0.6) is 0 Å². The molecular formula is C16H8Cl3F3O3S. The Kier molecular flexibility index (Phi) is 6.39. The Balaban J connectivity index is 2.60. The second kappa shape index (κ2) is 8.00. The summed E-state index contributed by atoms with van der Waals surface area (Å²) in [7, 11) is 0. The maximum absolute atomic E-state index is 14.6. The predicted octanol–water partition coefficient (Wildman–Crippen LogP) is 6.54. The number of thiophene rings is 1. The normalized spacial score (nSPS) is 12.3. The number of hydrogen-bond acceptors (Lipinski definition) is 3. The quantitative estimate of drug-likeness (QED) is 0.324. The number of benzene rings is 1. The van der Waals surface area contributed by atoms with Gasteiger partial charge < -0.3 is 5.11 Å². The Hall–Kier alpha value is -1.54. The molecule has 10 heteroatoms. The van der Waals surface area contributed by atoms with Crippen LogP contribution in [0.3, 0.4) is 0 Å². The van der Waals surface area contributed by atoms with E-state index in [0.717, 1.165) is 18.2 Å². The molecule has 0 saturated carbocycles. The van der Waals surface area contributed by atoms with Crippen molar-refractivity contribution in [2.75, 3.05) is 0 Å². The number of aromatic carboxylic acids is 1. The number of carbonyl (C=O) groups excluding carboxylic acids is 1. The molecule has 0 atom stereocenters. The second-order valence-corrected chi connectivity index (χ2v) is 7.28. The van der Waals surface area contributed by atoms with E-state index in [1.807, 2.05) is 0 Å². The van der Waals surface area contributed by atoms with Gasteiger partial charge in [0.25, 0.3) is 6.43 Å². The van der Waals surface area contributed by atoms with Crippen molar-refractivity contribution in [3.05, 3.63) is 60.0 Å². The molecule has 0 amide bonds. The number of allylic oxidation sites excluding steroid dienone is 2. The molecule has 2 rings (SSSR count). The van der Waals surface area contributed by atoms with E-state index in [-0.39, 0.29) is 30.4 Å². The van der Waals surface area contributed by atoms with Gasteiger partial charge in [-0.15, -0.1) is 11.3 Å². The van der Waals surface area contributed by atoms with E-state index < -0.39 is 35.1 Å². The molecular weight excluding hydrogens is 436 g/mol. The van der Waals surface area contributed by atoms with Crippen LogP contribution in [0.25, 0.3) is 5.57 Å². The molecule has 26 heavy (non-hydrogen) atoms. The number of hydrogen-bond donors (Lipinski definition) is 1. The van der Waals surface area contributed by atoms with Gasteiger partial charge in [-0.25, -0.2) is 18.0 Å². The van der Waals surface area contributed by atoms with Crippen LogP contribution in [0.2, 0.25) is 15.1 Å². The van der Waals surface area contributed by atoms with Crippen molar-refractivity contribution in [1.82, 2.24) is 0 Å². The lowest BCUT2D eigenvalue weighted by atomic mass is 10.0. The van der Waals surface area contributed by atoms with Crippen molar-refractivity contribution >= 4 is 63.5 Å². The van der Waals surface area contributed by atoms with Gasteiger partial charge in [-0.05, 0) is 36.2 Å². The first-order valence-corrected chi connectivity index (χ1v) is 8.70. The Morgan fingerprint density at radius 3 is 2.08 bits per heavy atom. The highest BCUT2D eigenvalue weighted by molar-refractivity contribution is 7.16. The molecule has 2 aromatic rings. The summed E-state index contributed by atoms with van der Waals surface area (Å²) in [5.41, 5.74) is -1.40. The van der Waals surface area contributed by atoms with Crippen LogP contribution < -0.4 is 0 Å². The Bertz CT molecular complexity index is 915. The number of Topliss-reactive ketones (excluding diaryl/α,β-unsaturated/α-hetero) is 1. The van der Waals surface area contributed by atoms with Crippen LogP contribution in [0.15, 0.2) is 24.0 Å². The fourth-order valence-electron chi connectivity index (χ4n) is 2.10. The fraction of sp³-hybridized carbons (Fsp3) is 0.125. The van der Waals surface area contributed by atoms with E-state index >= 15 is 0 Å². The third-order valence-electron chi connectivity index (χ3n) is 3.28. The number of aryl methyl sites for hydroxylation is 1. The summed E-state index contributed by atoms with van der Waals surface area (Å²) in [6.45, 7) is 1.41. The van der Waals surface area contributed by atoms with Crippen LogP contribution in [0, 0.1) is 6.92 Å². The van der Waals surface area contributed by atoms with Crippen LogP contribution in [0.4, 0.5) is 13.2 Å². The molecule has 3 nitrogen and oxygen atoms in total. The zero-order valence-corrected chi connectivity index (χ0v) is 15.8. The summed E-state index contributed by atoms with van der Waals surface area (Å²) in [6.07, 6.45) is -3.35. The molecule has 0 aliphatic rings. The standard InChI is InChI=1S/C16H8Cl3F3O3S/c1-5-2-9(26-14(5)16(24)25)13(23)12(20)10(15(21)22)6-3-7(17)11(19)8(18)4-6/h2-4,15H,1H3,(H,24,25)/b12-10-. The first-order valence-electron chi connectivity index (χ1n) is 6.75. The topological polar surface area (TPSA) is 54.4 Å². The molecule has 0 spiro atoms. The largest absolute Gasteiger partial charge is 0.477 e. The maximum Gasteiger partial charge on any atom is 0.346 e. The van der Waals surface area contributed by atoms with Crippen LogP contribution in [-0.4, -0.2) is 23.3 Å². The zero-order chi connectivity index (χ0) is 19.8. The summed E-state index contributed by atoms with van der Waals surface area (Å²) in [5.74, 6) is -4.39. The summed E-state index contributed by atoms with van der Waals surface area (Å²) in [5, 5.41) is 8.52. The highest BCUT2D eigenvalue weighted by Crippen LogP contribution is 2.37. The van der Waals surface area contributed by atoms with Crippen molar-refractivity contribution in [1.29, 1.82) is 0 Å². The molecule has 0 fully saturated rings. The Morgan fingerprint density at radius 2 is 1.65 bits per heavy atom. The Morgan fingerprint density at radius 1 is 1.12 bits per heavy atom. The highest BCUT2D eigenvalue weighted by atomic mass is 35.5. The van der Waals surface area contributed by atoms with Crippen molar-refractivity contribution in [2.45, 2.75) is 13.3 Å². The number of carbonyl (C=O) groups is 2. The molecule has 0 aliphatic heterocycles. The van der Waals surface area contributed by atoms with Crippen molar-refractivity contribution in [3.63, 3.8) is 0 Å². The van der Waals surface area contributed by atoms with Crippen molar-refractivity contribution in [2.24, 2.45) is 0 Å². The smallest absolute Gasteiger partial charge is 0.346 e. The Labute approximate surface area is 164 Å². The average molecular weight is 444 g/mol. The van der Waals surface area contributed by atoms with E-state index in [9.17, 15) is 22.8 Å². The number of carboxylic acids is 1. The van der Waals surface area contributed by atoms with Gasteiger partial charge in [-0.1, -0.05) is 34.8 Å². The van der Waals surface area contributed by atoms with Gasteiger partial charge in [0.15, 0.2) is 5.83 Å². The van der Waals surface area contributed by atoms with Crippen molar-refractivity contribution < 1.29 is 27.9 Å². The minimum Gasteiger partial charge on any atom is -0.477 e. The number of rotatable bonds is 5. The minimum absolute atomic E-state index is 0.0996. The molecule has 1 aromatic heterocycles. The molecule has 0 saturated heterocycles. The summed E-state index contributed by atoms with van der Waals surface area (Å²) >= 11 is 17.8. The number of alkyl halides is 2. The molecule has 0 bridgehead atoms. The lowest BCUT2D eigenvalue weighted by Gasteiger charge is -2.10. The number of ketones is 1. The summed E-state index contributed by atoms with van der Waals surface area (Å²) < 4.78 is 41.4. The van der Waals surface area contributed by atoms with E-state index in [2.05, 4.69) is 0 Å². The predicted molar refractivity (Wildman–Crippen MR) is 95.8 cm³/mol. The molecule has 138 valence electrons. The molecule has 0 radical (unpaired) electrons. The maximum atomic E-state index is 14.6. The molecule has 0 aliphatic carbocycles. The van der Waals surface area contributed by atoms with Crippen LogP contribution in [0.1, 0.15) is 30.5 Å². The molecule has 1 aromatic carbocycles. The van der Waals surface area contributed by atoms with Gasteiger partial charge in [0.1, 0.15) is 4.88 Å². The summed E-state index contributed by atoms with van der Waals surface area (Å²) in [6, 6.07) is 3.06. The fourth-order valence-corrected chi connectivity index (χ4v) is 3.64. The summed E-state index contributed by atoms with van der Waals surface area (Å²) in [4.78, 5) is 22.8. The van der Waals surface area contributed by atoms with Gasteiger partial charge in [-0.3, -0.25) is 4.79 Å². The third-order valence-corrected chi connectivity index (χ3v) is 5.71. The minimum atomic E-state index is -3.35. The van der Waals surface area contributed by atoms with Crippen LogP contribution in [-0.2, 0) is 0 Å². The van der Waals surface area contributed by atoms with Gasteiger partial charge in [0.2, 0.25) is 5.78 Å². The first kappa shape index (κ1) is 20.8. The highest BCUT2D eigenvalue weighted by Gasteiger charge is 2.28. The third kappa shape index (κ3) is 4.06. The lowest BCUT2D eigenvalue weighted by Crippen LogP contribution is -2.06.